The van der Waals surface area contributed by atoms with E-state index >= 15 is 0 Å². The van der Waals surface area contributed by atoms with Crippen LogP contribution < -0.4 is 5.32 Å². The van der Waals surface area contributed by atoms with Gasteiger partial charge in [0.25, 0.3) is 10.1 Å². The van der Waals surface area contributed by atoms with Crippen molar-refractivity contribution < 1.29 is 17.4 Å². The van der Waals surface area contributed by atoms with Crippen molar-refractivity contribution in [2.45, 2.75) is 83.4 Å². The van der Waals surface area contributed by atoms with Gasteiger partial charge in [0, 0.05) is 0 Å². The van der Waals surface area contributed by atoms with Crippen molar-refractivity contribution >= 4 is 45.6 Å². The third kappa shape index (κ3) is 10.2. The minimum absolute atomic E-state index is 0. The van der Waals surface area contributed by atoms with E-state index in [4.69, 9.17) is 4.18 Å². The molecule has 1 atom stereocenters. The maximum absolute atomic E-state index is 12.3. The van der Waals surface area contributed by atoms with Crippen molar-refractivity contribution in [2.24, 2.45) is 0 Å². The van der Waals surface area contributed by atoms with Gasteiger partial charge in [-0.2, -0.15) is 8.42 Å². The minimum atomic E-state index is -3.86. The molecule has 0 saturated carbocycles. The fraction of sp³-hybridized carbons (Fsp3) is 0.824. The van der Waals surface area contributed by atoms with E-state index in [9.17, 15) is 13.2 Å². The number of carbonyl (C=O) groups is 1. The van der Waals surface area contributed by atoms with Crippen LogP contribution in [0.25, 0.3) is 0 Å². The van der Waals surface area contributed by atoms with Gasteiger partial charge in [-0.15, -0.1) is 0 Å². The van der Waals surface area contributed by atoms with Gasteiger partial charge < -0.3 is 5.32 Å². The average Bonchev–Trinajstić information content (AvgIpc) is 2.49. The van der Waals surface area contributed by atoms with Crippen LogP contribution in [0.1, 0.15) is 78.6 Å². The maximum atomic E-state index is 12.3. The zero-order valence-corrected chi connectivity index (χ0v) is 15.7. The zero-order valence-electron chi connectivity index (χ0n) is 14.9. The zero-order chi connectivity index (χ0) is 17.8. The molecule has 0 fully saturated rings. The molecule has 1 unspecified atom stereocenters. The predicted octanol–water partition coefficient (Wildman–Crippen LogP) is 3.25. The van der Waals surface area contributed by atoms with Crippen LogP contribution in [0.5, 0.6) is 0 Å². The van der Waals surface area contributed by atoms with Crippen LogP contribution in [0.2, 0.25) is 0 Å². The number of rotatable bonds is 14. The van der Waals surface area contributed by atoms with Crippen LogP contribution in [-0.4, -0.2) is 55.4 Å². The predicted molar refractivity (Wildman–Crippen MR) is 102 cm³/mol. The van der Waals surface area contributed by atoms with Gasteiger partial charge >= 0.3 is 29.6 Å². The molecule has 0 bridgehead atoms. The van der Waals surface area contributed by atoms with Gasteiger partial charge in [0.15, 0.2) is 4.87 Å². The summed E-state index contributed by atoms with van der Waals surface area (Å²) >= 11 is 0. The summed E-state index contributed by atoms with van der Waals surface area (Å²) in [5, 5.41) is 2.52. The standard InChI is InChI=1S/C17H33NO4S.Na.H/c1-5-8-9-10-11-12-13-14-15-17(4,18-16(19)6-2)23(20,21)22-7-3;;/h6H,2,5,7-15H2,1,3-4H3,(H,18,19);;. The van der Waals surface area contributed by atoms with E-state index in [1.54, 1.807) is 6.92 Å². The molecular formula is C17H34NNaO4S. The molecule has 5 nitrogen and oxygen atoms in total. The van der Waals surface area contributed by atoms with Gasteiger partial charge in [-0.1, -0.05) is 58.4 Å². The van der Waals surface area contributed by atoms with E-state index in [-0.39, 0.29) is 36.2 Å². The Morgan fingerprint density at radius 3 is 2.04 bits per heavy atom. The Morgan fingerprint density at radius 2 is 1.58 bits per heavy atom. The third-order valence-corrected chi connectivity index (χ3v) is 5.86. The molecule has 0 saturated heterocycles. The quantitative estimate of drug-likeness (QED) is 0.220. The first-order chi connectivity index (χ1) is 10.8. The molecule has 0 rings (SSSR count). The molecule has 0 aromatic heterocycles. The Hall–Kier alpha value is 0.120. The van der Waals surface area contributed by atoms with Crippen LogP contribution in [-0.2, 0) is 19.1 Å². The fourth-order valence-electron chi connectivity index (χ4n) is 2.44. The second-order valence-corrected chi connectivity index (χ2v) is 8.05. The van der Waals surface area contributed by atoms with Crippen molar-refractivity contribution in [3.8, 4) is 0 Å². The summed E-state index contributed by atoms with van der Waals surface area (Å²) in [5.74, 6) is -0.504. The molecule has 0 spiro atoms. The van der Waals surface area contributed by atoms with E-state index in [1.165, 1.54) is 39.0 Å². The summed E-state index contributed by atoms with van der Waals surface area (Å²) in [6.45, 7) is 8.73. The van der Waals surface area contributed by atoms with Gasteiger partial charge in [-0.05, 0) is 32.8 Å². The van der Waals surface area contributed by atoms with Crippen LogP contribution >= 0.6 is 0 Å². The molecule has 24 heavy (non-hydrogen) atoms. The van der Waals surface area contributed by atoms with Crippen LogP contribution in [0.4, 0.5) is 0 Å². The first-order valence-corrected chi connectivity index (χ1v) is 10.1. The Balaban J connectivity index is 0. The van der Waals surface area contributed by atoms with Crippen LogP contribution in [0, 0.1) is 0 Å². The van der Waals surface area contributed by atoms with Crippen LogP contribution in [0.3, 0.4) is 0 Å². The first kappa shape index (κ1) is 26.4. The van der Waals surface area contributed by atoms with E-state index in [1.807, 2.05) is 0 Å². The first-order valence-electron chi connectivity index (χ1n) is 8.66. The van der Waals surface area contributed by atoms with E-state index in [0.29, 0.717) is 6.42 Å². The Kier molecular flexibility index (Phi) is 15.7. The summed E-state index contributed by atoms with van der Waals surface area (Å²) in [6, 6.07) is 0. The number of nitrogens with one attached hydrogen (secondary N) is 1. The van der Waals surface area contributed by atoms with Gasteiger partial charge in [0.05, 0.1) is 6.61 Å². The second-order valence-electron chi connectivity index (χ2n) is 6.01. The van der Waals surface area contributed by atoms with Gasteiger partial charge in [-0.3, -0.25) is 8.98 Å². The van der Waals surface area contributed by atoms with Crippen molar-refractivity contribution in [1.82, 2.24) is 5.32 Å². The van der Waals surface area contributed by atoms with Crippen molar-refractivity contribution in [3.05, 3.63) is 12.7 Å². The molecule has 1 N–H and O–H groups in total. The molecule has 7 heteroatoms. The van der Waals surface area contributed by atoms with E-state index in [2.05, 4.69) is 18.8 Å². The molecule has 138 valence electrons. The second kappa shape index (κ2) is 14.3. The van der Waals surface area contributed by atoms with Gasteiger partial charge in [0.2, 0.25) is 5.91 Å². The summed E-state index contributed by atoms with van der Waals surface area (Å²) in [6.07, 6.45) is 10.4. The monoisotopic (exact) mass is 371 g/mol. The Bertz CT molecular complexity index is 454. The van der Waals surface area contributed by atoms with Gasteiger partial charge in [-0.25, -0.2) is 0 Å². The number of amides is 1. The van der Waals surface area contributed by atoms with Crippen molar-refractivity contribution in [1.29, 1.82) is 0 Å². The molecule has 0 radical (unpaired) electrons. The molecule has 0 aromatic rings. The topological polar surface area (TPSA) is 72.5 Å². The summed E-state index contributed by atoms with van der Waals surface area (Å²) in [7, 11) is -3.86. The average molecular weight is 372 g/mol. The molecule has 0 aliphatic carbocycles. The molecule has 1 amide bonds. The molecule has 0 aliphatic rings. The van der Waals surface area contributed by atoms with E-state index in [0.717, 1.165) is 25.3 Å². The SMILES string of the molecule is C=CC(=O)NC(C)(CCCCCCCCCC)S(=O)(=O)OCC.[NaH]. The number of unbranched alkanes of at least 4 members (excludes halogenated alkanes) is 7. The summed E-state index contributed by atoms with van der Waals surface area (Å²) in [4.78, 5) is 10.2. The van der Waals surface area contributed by atoms with Crippen molar-refractivity contribution in [3.63, 3.8) is 0 Å². The molecule has 0 aromatic carbocycles. The van der Waals surface area contributed by atoms with E-state index < -0.39 is 20.9 Å². The number of carbonyl (C=O) groups excluding carboxylic acids is 1. The molecular weight excluding hydrogens is 337 g/mol. The van der Waals surface area contributed by atoms with Crippen LogP contribution in [0.15, 0.2) is 12.7 Å². The normalized spacial score (nSPS) is 13.6. The number of hydrogen-bond donors (Lipinski definition) is 1. The van der Waals surface area contributed by atoms with Crippen molar-refractivity contribution in [2.75, 3.05) is 6.61 Å². The summed E-state index contributed by atoms with van der Waals surface area (Å²) in [5.41, 5.74) is 0. The number of hydrogen-bond acceptors (Lipinski definition) is 4. The van der Waals surface area contributed by atoms with Gasteiger partial charge in [0.1, 0.15) is 0 Å². The third-order valence-electron chi connectivity index (χ3n) is 3.91. The molecule has 0 aliphatic heterocycles. The Labute approximate surface area is 170 Å². The Morgan fingerprint density at radius 1 is 1.08 bits per heavy atom. The fourth-order valence-corrected chi connectivity index (χ4v) is 3.63. The summed E-state index contributed by atoms with van der Waals surface area (Å²) < 4.78 is 29.4. The molecule has 0 heterocycles.